The van der Waals surface area contributed by atoms with Crippen LogP contribution in [-0.2, 0) is 14.3 Å². The Balaban J connectivity index is 1.50. The summed E-state index contributed by atoms with van der Waals surface area (Å²) < 4.78 is 15.8. The minimum atomic E-state index is -1.03. The first-order chi connectivity index (χ1) is 20.3. The Morgan fingerprint density at radius 1 is 0.619 bits per heavy atom. The number of carbonyl (C=O) groups excluding carboxylic acids is 4. The number of unbranched alkanes of at least 4 members (excludes halogenated alkanes) is 5. The van der Waals surface area contributed by atoms with Crippen molar-refractivity contribution in [3.8, 4) is 16.9 Å². The summed E-state index contributed by atoms with van der Waals surface area (Å²) in [5.74, 6) is -1.38. The van der Waals surface area contributed by atoms with E-state index in [2.05, 4.69) is 13.8 Å². The van der Waals surface area contributed by atoms with Gasteiger partial charge in [-0.1, -0.05) is 82.3 Å². The zero-order valence-corrected chi connectivity index (χ0v) is 24.7. The molecular weight excluding hydrogens is 532 g/mol. The smallest absolute Gasteiger partial charge is 0.347 e. The van der Waals surface area contributed by atoms with Crippen molar-refractivity contribution < 1.29 is 33.4 Å². The quantitative estimate of drug-likeness (QED) is 0.0742. The molecule has 0 radical (unpaired) electrons. The number of hydrogen-bond donors (Lipinski definition) is 0. The summed E-state index contributed by atoms with van der Waals surface area (Å²) in [6.07, 6.45) is 6.57. The molecule has 3 aromatic carbocycles. The monoisotopic (exact) mass is 572 g/mol. The van der Waals surface area contributed by atoms with Crippen molar-refractivity contribution >= 4 is 23.7 Å². The molecule has 0 bridgehead atoms. The average molecular weight is 573 g/mol. The minimum Gasteiger partial charge on any atom is -0.463 e. The van der Waals surface area contributed by atoms with Crippen LogP contribution < -0.4 is 4.74 Å². The van der Waals surface area contributed by atoms with Crippen LogP contribution in [0.15, 0.2) is 72.8 Å². The molecular formula is C35H40O7. The largest absolute Gasteiger partial charge is 0.463 e. The highest BCUT2D eigenvalue weighted by Crippen LogP contribution is 2.22. The van der Waals surface area contributed by atoms with Gasteiger partial charge in [0.05, 0.1) is 17.7 Å². The van der Waals surface area contributed by atoms with Crippen LogP contribution in [0, 0.1) is 0 Å². The number of hydrogen-bond acceptors (Lipinski definition) is 7. The first-order valence-electron chi connectivity index (χ1n) is 14.8. The van der Waals surface area contributed by atoms with Gasteiger partial charge in [-0.25, -0.2) is 14.4 Å². The van der Waals surface area contributed by atoms with Crippen molar-refractivity contribution in [1.29, 1.82) is 0 Å². The maximum absolute atomic E-state index is 12.7. The number of esters is 3. The maximum Gasteiger partial charge on any atom is 0.347 e. The highest BCUT2D eigenvalue weighted by Gasteiger charge is 2.20. The van der Waals surface area contributed by atoms with Gasteiger partial charge >= 0.3 is 17.9 Å². The lowest BCUT2D eigenvalue weighted by atomic mass is 9.99. The zero-order valence-electron chi connectivity index (χ0n) is 24.7. The van der Waals surface area contributed by atoms with Gasteiger partial charge < -0.3 is 14.2 Å². The molecule has 0 aliphatic carbocycles. The van der Waals surface area contributed by atoms with E-state index in [9.17, 15) is 19.2 Å². The summed E-state index contributed by atoms with van der Waals surface area (Å²) >= 11 is 0. The second-order valence-corrected chi connectivity index (χ2v) is 10.2. The highest BCUT2D eigenvalue weighted by molar-refractivity contribution is 5.96. The maximum atomic E-state index is 12.7. The molecule has 0 heterocycles. The van der Waals surface area contributed by atoms with Gasteiger partial charge in [-0.3, -0.25) is 4.79 Å². The second kappa shape index (κ2) is 16.9. The van der Waals surface area contributed by atoms with E-state index in [1.54, 1.807) is 12.1 Å². The Labute approximate surface area is 248 Å². The molecule has 0 aliphatic heterocycles. The average Bonchev–Trinajstić information content (AvgIpc) is 3.01. The molecule has 0 N–H and O–H groups in total. The number of benzene rings is 3. The molecule has 7 heteroatoms. The lowest BCUT2D eigenvalue weighted by Gasteiger charge is -2.13. The second-order valence-electron chi connectivity index (χ2n) is 10.2. The van der Waals surface area contributed by atoms with E-state index in [0.29, 0.717) is 24.2 Å². The van der Waals surface area contributed by atoms with Crippen LogP contribution >= 0.6 is 0 Å². The van der Waals surface area contributed by atoms with Crippen molar-refractivity contribution in [2.75, 3.05) is 6.61 Å². The Bertz CT molecular complexity index is 1310. The fourth-order valence-electron chi connectivity index (χ4n) is 4.25. The van der Waals surface area contributed by atoms with Gasteiger partial charge in [-0.2, -0.15) is 0 Å². The molecule has 1 unspecified atom stereocenters. The first-order valence-corrected chi connectivity index (χ1v) is 14.8. The molecule has 3 aromatic rings. The van der Waals surface area contributed by atoms with E-state index in [4.69, 9.17) is 14.2 Å². The lowest BCUT2D eigenvalue weighted by molar-refractivity contribution is -0.153. The third-order valence-electron chi connectivity index (χ3n) is 6.83. The van der Waals surface area contributed by atoms with Gasteiger partial charge in [-0.05, 0) is 67.3 Å². The van der Waals surface area contributed by atoms with Crippen molar-refractivity contribution in [2.24, 2.45) is 0 Å². The van der Waals surface area contributed by atoms with Crippen LogP contribution in [0.5, 0.6) is 5.75 Å². The van der Waals surface area contributed by atoms with E-state index in [0.717, 1.165) is 56.1 Å². The molecule has 0 saturated carbocycles. The molecule has 0 fully saturated rings. The van der Waals surface area contributed by atoms with Crippen LogP contribution in [0.3, 0.4) is 0 Å². The Morgan fingerprint density at radius 2 is 1.14 bits per heavy atom. The zero-order chi connectivity index (χ0) is 30.3. The van der Waals surface area contributed by atoms with Gasteiger partial charge in [0.1, 0.15) is 5.75 Å². The molecule has 1 atom stereocenters. The van der Waals surface area contributed by atoms with E-state index in [-0.39, 0.29) is 17.1 Å². The number of ketones is 1. The van der Waals surface area contributed by atoms with Gasteiger partial charge in [0.15, 0.2) is 11.9 Å². The molecule has 0 amide bonds. The van der Waals surface area contributed by atoms with Crippen LogP contribution in [-0.4, -0.2) is 36.4 Å². The standard InChI is InChI=1S/C35H40O7/c1-4-6-8-9-11-32(36)28-16-12-26(13-17-28)27-14-18-29(19-15-27)35(39)42-31-22-20-30(21-23-31)34(38)41-25(3)33(37)40-24-10-7-5-2/h12-23,25H,4-11,24H2,1-3H3. The lowest BCUT2D eigenvalue weighted by Crippen LogP contribution is -2.26. The fourth-order valence-corrected chi connectivity index (χ4v) is 4.25. The first kappa shape index (κ1) is 32.3. The molecule has 0 aromatic heterocycles. The molecule has 3 rings (SSSR count). The van der Waals surface area contributed by atoms with Gasteiger partial charge in [0, 0.05) is 12.0 Å². The highest BCUT2D eigenvalue weighted by atomic mass is 16.6. The van der Waals surface area contributed by atoms with Gasteiger partial charge in [0.25, 0.3) is 0 Å². The van der Waals surface area contributed by atoms with Crippen LogP contribution in [0.2, 0.25) is 0 Å². The minimum absolute atomic E-state index is 0.160. The van der Waals surface area contributed by atoms with Crippen LogP contribution in [0.1, 0.15) is 103 Å². The summed E-state index contributed by atoms with van der Waals surface area (Å²) in [6, 6.07) is 20.4. The molecule has 0 spiro atoms. The fraction of sp³-hybridized carbons (Fsp3) is 0.371. The predicted molar refractivity (Wildman–Crippen MR) is 162 cm³/mol. The van der Waals surface area contributed by atoms with E-state index in [1.807, 2.05) is 36.4 Å². The Kier molecular flexibility index (Phi) is 13.0. The SMILES string of the molecule is CCCCCCC(=O)c1ccc(-c2ccc(C(=O)Oc3ccc(C(=O)OC(C)C(=O)OCCCCC)cc3)cc2)cc1. The van der Waals surface area contributed by atoms with Crippen molar-refractivity contribution in [1.82, 2.24) is 0 Å². The third-order valence-corrected chi connectivity index (χ3v) is 6.83. The third kappa shape index (κ3) is 9.98. The Morgan fingerprint density at radius 3 is 1.74 bits per heavy atom. The van der Waals surface area contributed by atoms with Crippen LogP contribution in [0.25, 0.3) is 11.1 Å². The molecule has 0 saturated heterocycles. The number of ether oxygens (including phenoxy) is 3. The van der Waals surface area contributed by atoms with Gasteiger partial charge in [-0.15, -0.1) is 0 Å². The van der Waals surface area contributed by atoms with Crippen molar-refractivity contribution in [3.05, 3.63) is 89.5 Å². The molecule has 222 valence electrons. The predicted octanol–water partition coefficient (Wildman–Crippen LogP) is 8.00. The van der Waals surface area contributed by atoms with E-state index < -0.39 is 24.0 Å². The molecule has 7 nitrogen and oxygen atoms in total. The van der Waals surface area contributed by atoms with E-state index in [1.165, 1.54) is 31.2 Å². The van der Waals surface area contributed by atoms with Crippen molar-refractivity contribution in [2.45, 2.75) is 78.2 Å². The summed E-state index contributed by atoms with van der Waals surface area (Å²) in [5, 5.41) is 0. The molecule has 42 heavy (non-hydrogen) atoms. The summed E-state index contributed by atoms with van der Waals surface area (Å²) in [6.45, 7) is 5.97. The number of carbonyl (C=O) groups is 4. The summed E-state index contributed by atoms with van der Waals surface area (Å²) in [5.41, 5.74) is 3.15. The number of Topliss-reactive ketones (excluding diaryl/α,β-unsaturated/α-hetero) is 1. The topological polar surface area (TPSA) is 96.0 Å². The number of rotatable bonds is 16. The Hall–Kier alpha value is -4.26. The van der Waals surface area contributed by atoms with Crippen LogP contribution in [0.4, 0.5) is 0 Å². The van der Waals surface area contributed by atoms with E-state index >= 15 is 0 Å². The normalized spacial score (nSPS) is 11.4. The molecule has 0 aliphatic rings. The summed E-state index contributed by atoms with van der Waals surface area (Å²) in [4.78, 5) is 49.5. The van der Waals surface area contributed by atoms with Crippen molar-refractivity contribution in [3.63, 3.8) is 0 Å². The summed E-state index contributed by atoms with van der Waals surface area (Å²) in [7, 11) is 0. The van der Waals surface area contributed by atoms with Gasteiger partial charge in [0.2, 0.25) is 0 Å².